The van der Waals surface area contributed by atoms with Gasteiger partial charge in [0, 0.05) is 42.7 Å². The molecule has 0 spiro atoms. The van der Waals surface area contributed by atoms with Crippen LogP contribution in [0.2, 0.25) is 5.02 Å². The van der Waals surface area contributed by atoms with Crippen LogP contribution in [0.4, 0.5) is 0 Å². The second-order valence-electron chi connectivity index (χ2n) is 8.78. The Morgan fingerprint density at radius 1 is 1.03 bits per heavy atom. The third-order valence-electron chi connectivity index (χ3n) is 6.10. The lowest BCUT2D eigenvalue weighted by Crippen LogP contribution is -2.24. The number of hydrogen-bond donors (Lipinski definition) is 1. The number of benzene rings is 2. The number of carbonyl (C=O) groups is 1. The van der Waals surface area contributed by atoms with E-state index in [2.05, 4.69) is 25.9 Å². The summed E-state index contributed by atoms with van der Waals surface area (Å²) in [5.74, 6) is -0.306. The first-order valence-corrected chi connectivity index (χ1v) is 12.5. The summed E-state index contributed by atoms with van der Waals surface area (Å²) < 4.78 is 10.1. The van der Waals surface area contributed by atoms with Gasteiger partial charge < -0.3 is 14.6 Å². The Bertz CT molecular complexity index is 1630. The van der Waals surface area contributed by atoms with E-state index in [0.29, 0.717) is 40.6 Å². The molecule has 1 amide bonds. The van der Waals surface area contributed by atoms with E-state index in [-0.39, 0.29) is 24.6 Å². The van der Waals surface area contributed by atoms with Gasteiger partial charge in [0.05, 0.1) is 30.9 Å². The lowest BCUT2D eigenvalue weighted by molar-refractivity contribution is 0.0946. The van der Waals surface area contributed by atoms with E-state index in [1.54, 1.807) is 53.0 Å². The van der Waals surface area contributed by atoms with E-state index in [1.165, 1.54) is 11.0 Å². The van der Waals surface area contributed by atoms with Crippen LogP contribution in [0, 0.1) is 0 Å². The lowest BCUT2D eigenvalue weighted by Gasteiger charge is -2.11. The van der Waals surface area contributed by atoms with Gasteiger partial charge in [-0.2, -0.15) is 5.10 Å². The maximum absolute atomic E-state index is 13.2. The summed E-state index contributed by atoms with van der Waals surface area (Å²) in [5.41, 5.74) is 4.24. The molecule has 0 aliphatic rings. The van der Waals surface area contributed by atoms with Gasteiger partial charge in [-0.1, -0.05) is 48.0 Å². The van der Waals surface area contributed by atoms with Crippen LogP contribution in [-0.2, 0) is 31.0 Å². The van der Waals surface area contributed by atoms with Crippen LogP contribution in [0.15, 0.2) is 84.2 Å². The van der Waals surface area contributed by atoms with Crippen molar-refractivity contribution >= 4 is 17.5 Å². The number of nitrogens with one attached hydrogen (secondary N) is 1. The van der Waals surface area contributed by atoms with E-state index in [1.807, 2.05) is 36.4 Å². The minimum absolute atomic E-state index is 0.0456. The summed E-state index contributed by atoms with van der Waals surface area (Å²) in [4.78, 5) is 25.2. The molecule has 0 fully saturated rings. The minimum Gasteiger partial charge on any atom is -0.378 e. The first kappa shape index (κ1) is 26.0. The van der Waals surface area contributed by atoms with Crippen LogP contribution >= 0.6 is 11.6 Å². The predicted molar refractivity (Wildman–Crippen MR) is 144 cm³/mol. The van der Waals surface area contributed by atoms with E-state index in [4.69, 9.17) is 16.3 Å². The van der Waals surface area contributed by atoms with Gasteiger partial charge in [-0.3, -0.25) is 14.3 Å². The number of aromatic nitrogens is 7. The molecule has 0 bridgehead atoms. The first-order valence-electron chi connectivity index (χ1n) is 12.1. The van der Waals surface area contributed by atoms with Gasteiger partial charge in [-0.05, 0) is 39.8 Å². The Morgan fingerprint density at radius 3 is 2.54 bits per heavy atom. The largest absolute Gasteiger partial charge is 0.378 e. The smallest absolute Gasteiger partial charge is 0.255 e. The van der Waals surface area contributed by atoms with E-state index in [9.17, 15) is 9.59 Å². The van der Waals surface area contributed by atoms with Gasteiger partial charge in [0.25, 0.3) is 11.5 Å². The van der Waals surface area contributed by atoms with Gasteiger partial charge in [-0.25, -0.2) is 4.68 Å². The summed E-state index contributed by atoms with van der Waals surface area (Å²) in [5, 5.41) is 19.3. The highest BCUT2D eigenvalue weighted by Crippen LogP contribution is 2.23. The number of nitrogens with zero attached hydrogens (tertiary/aromatic N) is 7. The highest BCUT2D eigenvalue weighted by Gasteiger charge is 2.18. The Kier molecular flexibility index (Phi) is 7.90. The molecule has 0 unspecified atom stereocenters. The third kappa shape index (κ3) is 6.11. The Hall–Kier alpha value is -4.61. The highest BCUT2D eigenvalue weighted by molar-refractivity contribution is 6.31. The molecular formula is C27H25ClN8O3. The monoisotopic (exact) mass is 544 g/mol. The molecule has 3 aromatic heterocycles. The third-order valence-corrected chi connectivity index (χ3v) is 6.45. The molecule has 0 atom stereocenters. The molecule has 11 nitrogen and oxygen atoms in total. The number of hydrogen-bond acceptors (Lipinski definition) is 7. The van der Waals surface area contributed by atoms with Crippen molar-refractivity contribution < 1.29 is 9.53 Å². The summed E-state index contributed by atoms with van der Waals surface area (Å²) in [7, 11) is 1.56. The molecule has 1 N–H and O–H groups in total. The summed E-state index contributed by atoms with van der Waals surface area (Å²) in [6, 6.07) is 18.4. The van der Waals surface area contributed by atoms with Crippen LogP contribution in [0.25, 0.3) is 5.69 Å². The average molecular weight is 545 g/mol. The molecule has 5 rings (SSSR count). The number of pyridine rings is 1. The van der Waals surface area contributed by atoms with Gasteiger partial charge in [-0.15, -0.1) is 5.10 Å². The molecule has 0 aliphatic heterocycles. The standard InChI is InChI=1S/C27H25ClN8O3/c1-39-17-24-22(27(38)29-13-21-23(28)5-4-6-25(21)36-18-30-32-33-36)16-35(31-24)15-20-10-8-19(9-11-20)14-34-12-3-2-7-26(34)37/h2-12,16,18H,13-15,17H2,1H3,(H,29,38). The number of rotatable bonds is 10. The van der Waals surface area contributed by atoms with Crippen LogP contribution in [0.3, 0.4) is 0 Å². The molecule has 39 heavy (non-hydrogen) atoms. The molecule has 198 valence electrons. The van der Waals surface area contributed by atoms with Crippen molar-refractivity contribution in [3.8, 4) is 5.69 Å². The van der Waals surface area contributed by atoms with Gasteiger partial charge >= 0.3 is 0 Å². The van der Waals surface area contributed by atoms with Crippen LogP contribution in [0.5, 0.6) is 0 Å². The van der Waals surface area contributed by atoms with Crippen molar-refractivity contribution in [2.75, 3.05) is 7.11 Å². The molecule has 0 radical (unpaired) electrons. The second-order valence-corrected chi connectivity index (χ2v) is 9.19. The number of ether oxygens (including phenoxy) is 1. The van der Waals surface area contributed by atoms with E-state index >= 15 is 0 Å². The zero-order valence-electron chi connectivity index (χ0n) is 21.1. The fraction of sp³-hybridized carbons (Fsp3) is 0.185. The fourth-order valence-electron chi connectivity index (χ4n) is 4.17. The van der Waals surface area contributed by atoms with E-state index in [0.717, 1.165) is 11.1 Å². The van der Waals surface area contributed by atoms with Crippen LogP contribution in [-0.4, -0.2) is 47.6 Å². The molecular weight excluding hydrogens is 520 g/mol. The molecule has 0 aliphatic carbocycles. The van der Waals surface area contributed by atoms with Crippen molar-refractivity contribution in [1.82, 2.24) is 39.9 Å². The summed E-state index contributed by atoms with van der Waals surface area (Å²) >= 11 is 6.43. The average Bonchev–Trinajstić information content (AvgIpc) is 3.61. The number of amides is 1. The SMILES string of the molecule is COCc1nn(Cc2ccc(Cn3ccccc3=O)cc2)cc1C(=O)NCc1c(Cl)cccc1-n1cnnn1. The van der Waals surface area contributed by atoms with Gasteiger partial charge in [0.15, 0.2) is 0 Å². The predicted octanol–water partition coefficient (Wildman–Crippen LogP) is 2.85. The lowest BCUT2D eigenvalue weighted by atomic mass is 10.1. The van der Waals surface area contributed by atoms with Crippen molar-refractivity contribution in [2.24, 2.45) is 0 Å². The molecule has 0 saturated carbocycles. The maximum Gasteiger partial charge on any atom is 0.255 e. The van der Waals surface area contributed by atoms with Gasteiger partial charge in [0.1, 0.15) is 12.0 Å². The Morgan fingerprint density at radius 2 is 1.82 bits per heavy atom. The number of carbonyl (C=O) groups excluding carboxylic acids is 1. The number of tetrazole rings is 1. The van der Waals surface area contributed by atoms with Crippen molar-refractivity contribution in [2.45, 2.75) is 26.2 Å². The molecule has 0 saturated heterocycles. The summed E-state index contributed by atoms with van der Waals surface area (Å²) in [6.45, 7) is 1.30. The molecule has 5 aromatic rings. The molecule has 12 heteroatoms. The molecule has 2 aromatic carbocycles. The van der Waals surface area contributed by atoms with Gasteiger partial charge in [0.2, 0.25) is 0 Å². The number of methoxy groups -OCH3 is 1. The normalized spacial score (nSPS) is 11.0. The number of halogens is 1. The minimum atomic E-state index is -0.306. The first-order chi connectivity index (χ1) is 19.0. The zero-order valence-corrected chi connectivity index (χ0v) is 21.8. The zero-order chi connectivity index (χ0) is 27.2. The quantitative estimate of drug-likeness (QED) is 0.287. The Balaban J connectivity index is 1.29. The fourth-order valence-corrected chi connectivity index (χ4v) is 4.41. The Labute approximate surface area is 228 Å². The second kappa shape index (κ2) is 11.8. The van der Waals surface area contributed by atoms with Crippen molar-refractivity contribution in [3.63, 3.8) is 0 Å². The molecule has 3 heterocycles. The topological polar surface area (TPSA) is 122 Å². The van der Waals surface area contributed by atoms with Crippen LogP contribution < -0.4 is 10.9 Å². The van der Waals surface area contributed by atoms with Crippen molar-refractivity contribution in [1.29, 1.82) is 0 Å². The highest BCUT2D eigenvalue weighted by atomic mass is 35.5. The van der Waals surface area contributed by atoms with Crippen molar-refractivity contribution in [3.05, 3.63) is 123 Å². The van der Waals surface area contributed by atoms with Crippen LogP contribution in [0.1, 0.15) is 32.7 Å². The van der Waals surface area contributed by atoms with E-state index < -0.39 is 0 Å². The summed E-state index contributed by atoms with van der Waals surface area (Å²) in [6.07, 6.45) is 4.93. The maximum atomic E-state index is 13.2.